The number of amides is 1. The van der Waals surface area contributed by atoms with Gasteiger partial charge in [-0.15, -0.1) is 0 Å². The van der Waals surface area contributed by atoms with Crippen LogP contribution in [0.4, 0.5) is 0 Å². The summed E-state index contributed by atoms with van der Waals surface area (Å²) in [6, 6.07) is 9.13. The van der Waals surface area contributed by atoms with Crippen LogP contribution in [0.3, 0.4) is 0 Å². The lowest BCUT2D eigenvalue weighted by Crippen LogP contribution is -2.51. The molecule has 0 aromatic heterocycles. The Bertz CT molecular complexity index is 533. The van der Waals surface area contributed by atoms with Crippen LogP contribution in [0.25, 0.3) is 0 Å². The summed E-state index contributed by atoms with van der Waals surface area (Å²) in [7, 11) is 0. The van der Waals surface area contributed by atoms with Gasteiger partial charge < -0.3 is 9.64 Å². The van der Waals surface area contributed by atoms with Crippen molar-refractivity contribution in [2.24, 2.45) is 0 Å². The number of benzene rings is 1. The first-order valence-corrected chi connectivity index (χ1v) is 7.78. The monoisotopic (exact) mass is 321 g/mol. The summed E-state index contributed by atoms with van der Waals surface area (Å²) in [6.45, 7) is 5.51. The largest absolute Gasteiger partial charge is 0.481 e. The molecule has 118 valence electrons. The van der Waals surface area contributed by atoms with Crippen LogP contribution in [-0.2, 0) is 4.79 Å². The minimum Gasteiger partial charge on any atom is -0.481 e. The number of nitriles is 1. The third-order valence-electron chi connectivity index (χ3n) is 3.70. The molecule has 22 heavy (non-hydrogen) atoms. The number of carbonyl (C=O) groups is 1. The first-order valence-electron chi connectivity index (χ1n) is 7.40. The zero-order valence-electron chi connectivity index (χ0n) is 12.7. The molecule has 5 nitrogen and oxygen atoms in total. The van der Waals surface area contributed by atoms with Crippen molar-refractivity contribution in [2.45, 2.75) is 19.4 Å². The van der Waals surface area contributed by atoms with Gasteiger partial charge in [0.25, 0.3) is 5.91 Å². The van der Waals surface area contributed by atoms with E-state index in [2.05, 4.69) is 11.0 Å². The lowest BCUT2D eigenvalue weighted by Gasteiger charge is -2.35. The van der Waals surface area contributed by atoms with E-state index in [1.165, 1.54) is 0 Å². The average Bonchev–Trinajstić information content (AvgIpc) is 2.55. The second kappa shape index (κ2) is 8.02. The molecule has 0 radical (unpaired) electrons. The van der Waals surface area contributed by atoms with Crippen LogP contribution in [0.15, 0.2) is 24.3 Å². The van der Waals surface area contributed by atoms with Gasteiger partial charge in [-0.1, -0.05) is 11.6 Å². The SMILES string of the molecule is CC(Oc1ccc(Cl)cc1)C(=O)N1CCN(CCC#N)CC1. The highest BCUT2D eigenvalue weighted by Gasteiger charge is 2.25. The van der Waals surface area contributed by atoms with Gasteiger partial charge in [-0.05, 0) is 31.2 Å². The number of hydrogen-bond donors (Lipinski definition) is 0. The molecule has 0 bridgehead atoms. The molecular weight excluding hydrogens is 302 g/mol. The standard InChI is InChI=1S/C16H20ClN3O2/c1-13(22-15-5-3-14(17)4-6-15)16(21)20-11-9-19(10-12-20)8-2-7-18/h3-6,13H,2,8-12H2,1H3. The minimum absolute atomic E-state index is 0.00474. The van der Waals surface area contributed by atoms with Gasteiger partial charge in [0.05, 0.1) is 6.07 Å². The van der Waals surface area contributed by atoms with Gasteiger partial charge in [0.2, 0.25) is 0 Å². The van der Waals surface area contributed by atoms with Gasteiger partial charge in [-0.25, -0.2) is 0 Å². The Labute approximate surface area is 136 Å². The normalized spacial score (nSPS) is 16.9. The van der Waals surface area contributed by atoms with Gasteiger partial charge in [0.15, 0.2) is 6.10 Å². The van der Waals surface area contributed by atoms with E-state index >= 15 is 0 Å². The van der Waals surface area contributed by atoms with E-state index in [1.54, 1.807) is 31.2 Å². The predicted molar refractivity (Wildman–Crippen MR) is 84.8 cm³/mol. The molecular formula is C16H20ClN3O2. The van der Waals surface area contributed by atoms with Crippen molar-refractivity contribution in [1.29, 1.82) is 5.26 Å². The lowest BCUT2D eigenvalue weighted by molar-refractivity contribution is -0.139. The van der Waals surface area contributed by atoms with E-state index in [1.807, 2.05) is 4.90 Å². The Balaban J connectivity index is 1.81. The predicted octanol–water partition coefficient (Wildman–Crippen LogP) is 2.17. The summed E-state index contributed by atoms with van der Waals surface area (Å²) in [5.74, 6) is 0.632. The summed E-state index contributed by atoms with van der Waals surface area (Å²) in [4.78, 5) is 16.4. The smallest absolute Gasteiger partial charge is 0.263 e. The highest BCUT2D eigenvalue weighted by molar-refractivity contribution is 6.30. The van der Waals surface area contributed by atoms with Crippen molar-refractivity contribution < 1.29 is 9.53 Å². The molecule has 1 saturated heterocycles. The van der Waals surface area contributed by atoms with Crippen molar-refractivity contribution in [1.82, 2.24) is 9.80 Å². The van der Waals surface area contributed by atoms with Crippen LogP contribution in [0.5, 0.6) is 5.75 Å². The van der Waals surface area contributed by atoms with Crippen LogP contribution >= 0.6 is 11.6 Å². The highest BCUT2D eigenvalue weighted by atomic mass is 35.5. The van der Waals surface area contributed by atoms with Gasteiger partial charge in [-0.3, -0.25) is 9.69 Å². The van der Waals surface area contributed by atoms with Gasteiger partial charge in [0.1, 0.15) is 5.75 Å². The van der Waals surface area contributed by atoms with Crippen LogP contribution < -0.4 is 4.74 Å². The van der Waals surface area contributed by atoms with Gasteiger partial charge in [-0.2, -0.15) is 5.26 Å². The van der Waals surface area contributed by atoms with Gasteiger partial charge in [0, 0.05) is 44.2 Å². The molecule has 0 aliphatic carbocycles. The third-order valence-corrected chi connectivity index (χ3v) is 3.95. The molecule has 1 aromatic carbocycles. The number of halogens is 1. The molecule has 1 aromatic rings. The van der Waals surface area contributed by atoms with Gasteiger partial charge >= 0.3 is 0 Å². The fraction of sp³-hybridized carbons (Fsp3) is 0.500. The fourth-order valence-corrected chi connectivity index (χ4v) is 2.55. The Morgan fingerprint density at radius 1 is 1.32 bits per heavy atom. The van der Waals surface area contributed by atoms with Crippen LogP contribution in [0.1, 0.15) is 13.3 Å². The second-order valence-electron chi connectivity index (χ2n) is 5.29. The topological polar surface area (TPSA) is 56.6 Å². The number of hydrogen-bond acceptors (Lipinski definition) is 4. The Hall–Kier alpha value is -1.77. The van der Waals surface area contributed by atoms with Crippen LogP contribution in [0, 0.1) is 11.3 Å². The first-order chi connectivity index (χ1) is 10.6. The van der Waals surface area contributed by atoms with E-state index in [0.717, 1.165) is 19.6 Å². The van der Waals surface area contributed by atoms with E-state index in [0.29, 0.717) is 30.3 Å². The molecule has 1 aliphatic heterocycles. The maximum absolute atomic E-state index is 12.4. The molecule has 0 spiro atoms. The number of ether oxygens (including phenoxy) is 1. The average molecular weight is 322 g/mol. The fourth-order valence-electron chi connectivity index (χ4n) is 2.42. The summed E-state index contributed by atoms with van der Waals surface area (Å²) in [6.07, 6.45) is 0.0103. The summed E-state index contributed by atoms with van der Waals surface area (Å²) in [5.41, 5.74) is 0. The maximum atomic E-state index is 12.4. The van der Waals surface area contributed by atoms with Crippen molar-refractivity contribution in [2.75, 3.05) is 32.7 Å². The van der Waals surface area contributed by atoms with E-state index < -0.39 is 6.10 Å². The second-order valence-corrected chi connectivity index (χ2v) is 5.73. The summed E-state index contributed by atoms with van der Waals surface area (Å²) in [5, 5.41) is 9.24. The molecule has 6 heteroatoms. The Morgan fingerprint density at radius 2 is 1.95 bits per heavy atom. The molecule has 2 rings (SSSR count). The Morgan fingerprint density at radius 3 is 2.55 bits per heavy atom. The van der Waals surface area contributed by atoms with Crippen LogP contribution in [-0.4, -0.2) is 54.5 Å². The lowest BCUT2D eigenvalue weighted by atomic mass is 10.2. The zero-order valence-corrected chi connectivity index (χ0v) is 13.4. The van der Waals surface area contributed by atoms with E-state index in [4.69, 9.17) is 21.6 Å². The third kappa shape index (κ3) is 4.62. The molecule has 1 atom stereocenters. The molecule has 1 heterocycles. The molecule has 1 amide bonds. The summed E-state index contributed by atoms with van der Waals surface area (Å²) >= 11 is 5.83. The van der Waals surface area contributed by atoms with Crippen molar-refractivity contribution in [3.8, 4) is 11.8 Å². The zero-order chi connectivity index (χ0) is 15.9. The van der Waals surface area contributed by atoms with E-state index in [-0.39, 0.29) is 5.91 Å². The number of rotatable bonds is 5. The highest BCUT2D eigenvalue weighted by Crippen LogP contribution is 2.17. The number of carbonyl (C=O) groups excluding carboxylic acids is 1. The molecule has 0 N–H and O–H groups in total. The quantitative estimate of drug-likeness (QED) is 0.834. The molecule has 1 fully saturated rings. The molecule has 0 saturated carbocycles. The molecule has 1 unspecified atom stereocenters. The number of piperazine rings is 1. The maximum Gasteiger partial charge on any atom is 0.263 e. The van der Waals surface area contributed by atoms with Crippen molar-refractivity contribution in [3.05, 3.63) is 29.3 Å². The minimum atomic E-state index is -0.521. The Kier molecular flexibility index (Phi) is 6.05. The molecule has 1 aliphatic rings. The van der Waals surface area contributed by atoms with Crippen molar-refractivity contribution in [3.63, 3.8) is 0 Å². The summed E-state index contributed by atoms with van der Waals surface area (Å²) < 4.78 is 5.67. The van der Waals surface area contributed by atoms with Crippen LogP contribution in [0.2, 0.25) is 5.02 Å². The van der Waals surface area contributed by atoms with E-state index in [9.17, 15) is 4.79 Å². The first kappa shape index (κ1) is 16.6. The number of nitrogens with zero attached hydrogens (tertiary/aromatic N) is 3. The van der Waals surface area contributed by atoms with Crippen molar-refractivity contribution >= 4 is 17.5 Å².